The third-order valence-electron chi connectivity index (χ3n) is 3.10. The number of rotatable bonds is 6. The van der Waals surface area contributed by atoms with Gasteiger partial charge < -0.3 is 9.88 Å². The van der Waals surface area contributed by atoms with Gasteiger partial charge in [-0.2, -0.15) is 4.39 Å². The van der Waals surface area contributed by atoms with Gasteiger partial charge in [-0.05, 0) is 23.3 Å². The Bertz CT molecular complexity index is 638. The van der Waals surface area contributed by atoms with E-state index < -0.39 is 16.4 Å². The van der Waals surface area contributed by atoms with Crippen molar-refractivity contribution >= 4 is 5.69 Å². The number of nitro benzene ring substituents is 1. The monoisotopic (exact) mass is 291 g/mol. The molecule has 1 heterocycles. The quantitative estimate of drug-likeness (QED) is 0.657. The Morgan fingerprint density at radius 3 is 2.71 bits per heavy atom. The molecular weight excluding hydrogens is 273 g/mol. The largest absolute Gasteiger partial charge is 0.350 e. The molecule has 5 nitrogen and oxygen atoms in total. The molecular formula is C15H18FN3O2. The standard InChI is InChI=1S/C15H18FN3O2/c1-11(2)17-8-13-5-6-18(10-13)9-12-3-4-15(19(20)21)14(16)7-12/h3-7,10-11,17H,8-9H2,1-2H3. The lowest BCUT2D eigenvalue weighted by Gasteiger charge is -2.06. The van der Waals surface area contributed by atoms with Crippen molar-refractivity contribution in [2.45, 2.75) is 33.0 Å². The molecule has 0 saturated heterocycles. The van der Waals surface area contributed by atoms with Crippen LogP contribution in [0.1, 0.15) is 25.0 Å². The molecule has 0 radical (unpaired) electrons. The minimum atomic E-state index is -0.800. The zero-order valence-electron chi connectivity index (χ0n) is 12.0. The van der Waals surface area contributed by atoms with Crippen molar-refractivity contribution in [2.75, 3.05) is 0 Å². The van der Waals surface area contributed by atoms with Crippen molar-refractivity contribution in [3.05, 3.63) is 63.7 Å². The van der Waals surface area contributed by atoms with Crippen molar-refractivity contribution in [1.29, 1.82) is 0 Å². The van der Waals surface area contributed by atoms with Crippen LogP contribution in [-0.4, -0.2) is 15.5 Å². The zero-order valence-corrected chi connectivity index (χ0v) is 12.0. The van der Waals surface area contributed by atoms with Crippen LogP contribution in [0.15, 0.2) is 36.7 Å². The summed E-state index contributed by atoms with van der Waals surface area (Å²) >= 11 is 0. The summed E-state index contributed by atoms with van der Waals surface area (Å²) in [5, 5.41) is 13.9. The second-order valence-corrected chi connectivity index (χ2v) is 5.27. The minimum Gasteiger partial charge on any atom is -0.350 e. The van der Waals surface area contributed by atoms with Crippen LogP contribution in [0.4, 0.5) is 10.1 Å². The molecule has 1 aromatic carbocycles. The molecule has 0 bridgehead atoms. The molecule has 0 amide bonds. The topological polar surface area (TPSA) is 60.1 Å². The van der Waals surface area contributed by atoms with Crippen molar-refractivity contribution in [1.82, 2.24) is 9.88 Å². The number of aromatic nitrogens is 1. The summed E-state index contributed by atoms with van der Waals surface area (Å²) in [4.78, 5) is 9.86. The molecule has 6 heteroatoms. The van der Waals surface area contributed by atoms with Gasteiger partial charge in [0.25, 0.3) is 0 Å². The summed E-state index contributed by atoms with van der Waals surface area (Å²) < 4.78 is 15.5. The maximum atomic E-state index is 13.6. The number of benzene rings is 1. The fourth-order valence-corrected chi connectivity index (χ4v) is 2.02. The van der Waals surface area contributed by atoms with E-state index in [1.807, 2.05) is 23.0 Å². The Hall–Kier alpha value is -2.21. The van der Waals surface area contributed by atoms with E-state index in [9.17, 15) is 14.5 Å². The van der Waals surface area contributed by atoms with Crippen LogP contribution < -0.4 is 5.32 Å². The molecule has 0 unspecified atom stereocenters. The third kappa shape index (κ3) is 4.13. The van der Waals surface area contributed by atoms with Crippen LogP contribution in [0.5, 0.6) is 0 Å². The summed E-state index contributed by atoms with van der Waals surface area (Å²) in [6.07, 6.45) is 3.89. The predicted octanol–water partition coefficient (Wildman–Crippen LogP) is 3.08. The Labute approximate surface area is 122 Å². The van der Waals surface area contributed by atoms with Gasteiger partial charge in [-0.1, -0.05) is 19.9 Å². The highest BCUT2D eigenvalue weighted by molar-refractivity contribution is 5.35. The summed E-state index contributed by atoms with van der Waals surface area (Å²) in [7, 11) is 0. The van der Waals surface area contributed by atoms with E-state index in [0.29, 0.717) is 18.2 Å². The number of hydrogen-bond donors (Lipinski definition) is 1. The fraction of sp³-hybridized carbons (Fsp3) is 0.333. The molecule has 0 atom stereocenters. The van der Waals surface area contributed by atoms with Crippen molar-refractivity contribution in [2.24, 2.45) is 0 Å². The molecule has 2 aromatic rings. The molecule has 0 aliphatic heterocycles. The van der Waals surface area contributed by atoms with E-state index in [-0.39, 0.29) is 0 Å². The molecule has 0 aliphatic rings. The number of halogens is 1. The molecule has 0 saturated carbocycles. The summed E-state index contributed by atoms with van der Waals surface area (Å²) in [5.41, 5.74) is 1.34. The number of nitrogens with one attached hydrogen (secondary N) is 1. The van der Waals surface area contributed by atoms with E-state index in [1.165, 1.54) is 12.1 Å². The highest BCUT2D eigenvalue weighted by atomic mass is 19.1. The first-order chi connectivity index (χ1) is 9.95. The SMILES string of the molecule is CC(C)NCc1ccn(Cc2ccc([N+](=O)[O-])c(F)c2)c1. The van der Waals surface area contributed by atoms with Crippen LogP contribution in [-0.2, 0) is 13.1 Å². The van der Waals surface area contributed by atoms with Crippen LogP contribution in [0, 0.1) is 15.9 Å². The molecule has 0 fully saturated rings. The van der Waals surface area contributed by atoms with E-state index in [4.69, 9.17) is 0 Å². The Kier molecular flexibility index (Phi) is 4.70. The first kappa shape index (κ1) is 15.2. The average molecular weight is 291 g/mol. The van der Waals surface area contributed by atoms with Crippen molar-refractivity contribution in [3.63, 3.8) is 0 Å². The molecule has 112 valence electrons. The summed E-state index contributed by atoms with van der Waals surface area (Å²) in [6, 6.07) is 6.40. The van der Waals surface area contributed by atoms with Gasteiger partial charge in [-0.25, -0.2) is 0 Å². The lowest BCUT2D eigenvalue weighted by atomic mass is 10.2. The van der Waals surface area contributed by atoms with Gasteiger partial charge in [0.1, 0.15) is 0 Å². The van der Waals surface area contributed by atoms with Gasteiger partial charge in [0.05, 0.1) is 4.92 Å². The molecule has 0 spiro atoms. The minimum absolute atomic E-state index is 0.414. The molecule has 21 heavy (non-hydrogen) atoms. The van der Waals surface area contributed by atoms with Gasteiger partial charge in [0, 0.05) is 37.6 Å². The lowest BCUT2D eigenvalue weighted by Crippen LogP contribution is -2.21. The van der Waals surface area contributed by atoms with Crippen LogP contribution in [0.25, 0.3) is 0 Å². The maximum absolute atomic E-state index is 13.6. The van der Waals surface area contributed by atoms with E-state index in [2.05, 4.69) is 19.2 Å². The second kappa shape index (κ2) is 6.49. The molecule has 0 aliphatic carbocycles. The highest BCUT2D eigenvalue weighted by Crippen LogP contribution is 2.18. The Morgan fingerprint density at radius 2 is 2.10 bits per heavy atom. The smallest absolute Gasteiger partial charge is 0.304 e. The van der Waals surface area contributed by atoms with Crippen molar-refractivity contribution < 1.29 is 9.31 Å². The summed E-state index contributed by atoms with van der Waals surface area (Å²) in [5.74, 6) is -0.800. The normalized spacial score (nSPS) is 11.0. The highest BCUT2D eigenvalue weighted by Gasteiger charge is 2.13. The maximum Gasteiger partial charge on any atom is 0.304 e. The number of hydrogen-bond acceptors (Lipinski definition) is 3. The molecule has 1 aromatic heterocycles. The third-order valence-corrected chi connectivity index (χ3v) is 3.10. The first-order valence-corrected chi connectivity index (χ1v) is 6.76. The fourth-order valence-electron chi connectivity index (χ4n) is 2.02. The number of nitrogens with zero attached hydrogens (tertiary/aromatic N) is 2. The molecule has 2 rings (SSSR count). The average Bonchev–Trinajstić information content (AvgIpc) is 2.83. The van der Waals surface area contributed by atoms with Crippen molar-refractivity contribution in [3.8, 4) is 0 Å². The van der Waals surface area contributed by atoms with Gasteiger partial charge in [0.2, 0.25) is 5.82 Å². The van der Waals surface area contributed by atoms with E-state index in [0.717, 1.165) is 12.1 Å². The molecule has 1 N–H and O–H groups in total. The predicted molar refractivity (Wildman–Crippen MR) is 78.6 cm³/mol. The Morgan fingerprint density at radius 1 is 1.33 bits per heavy atom. The Balaban J connectivity index is 2.05. The van der Waals surface area contributed by atoms with Gasteiger partial charge >= 0.3 is 5.69 Å². The van der Waals surface area contributed by atoms with E-state index in [1.54, 1.807) is 6.07 Å². The van der Waals surface area contributed by atoms with Crippen LogP contribution in [0.2, 0.25) is 0 Å². The second-order valence-electron chi connectivity index (χ2n) is 5.27. The van der Waals surface area contributed by atoms with Gasteiger partial charge in [0.15, 0.2) is 0 Å². The first-order valence-electron chi connectivity index (χ1n) is 6.76. The number of nitro groups is 1. The van der Waals surface area contributed by atoms with E-state index >= 15 is 0 Å². The zero-order chi connectivity index (χ0) is 15.4. The lowest BCUT2D eigenvalue weighted by molar-refractivity contribution is -0.387. The van der Waals surface area contributed by atoms with Crippen LogP contribution in [0.3, 0.4) is 0 Å². The van der Waals surface area contributed by atoms with Gasteiger partial charge in [-0.15, -0.1) is 0 Å². The summed E-state index contributed by atoms with van der Waals surface area (Å²) in [6.45, 7) is 5.42. The van der Waals surface area contributed by atoms with Crippen LogP contribution >= 0.6 is 0 Å². The van der Waals surface area contributed by atoms with Gasteiger partial charge in [-0.3, -0.25) is 10.1 Å².